The Morgan fingerprint density at radius 3 is 2.52 bits per heavy atom. The SMILES string of the molecule is Cc1cc(Br)ccc1OCC(=O)Oc1ccc(Cl)cc1Cl. The van der Waals surface area contributed by atoms with Crippen LogP contribution in [0.3, 0.4) is 0 Å². The molecule has 0 unspecified atom stereocenters. The van der Waals surface area contributed by atoms with Gasteiger partial charge in [0.2, 0.25) is 0 Å². The third-order valence-corrected chi connectivity index (χ3v) is 3.62. The average Bonchev–Trinajstić information content (AvgIpc) is 2.41. The molecule has 0 N–H and O–H groups in total. The molecule has 0 aliphatic rings. The van der Waals surface area contributed by atoms with Crippen LogP contribution in [0.1, 0.15) is 5.56 Å². The number of rotatable bonds is 4. The summed E-state index contributed by atoms with van der Waals surface area (Å²) in [6.45, 7) is 1.68. The highest BCUT2D eigenvalue weighted by Gasteiger charge is 2.10. The first-order chi connectivity index (χ1) is 9.95. The molecule has 6 heteroatoms. The van der Waals surface area contributed by atoms with E-state index in [4.69, 9.17) is 32.7 Å². The van der Waals surface area contributed by atoms with Crippen molar-refractivity contribution < 1.29 is 14.3 Å². The number of aryl methyl sites for hydroxylation is 1. The highest BCUT2D eigenvalue weighted by atomic mass is 79.9. The van der Waals surface area contributed by atoms with Gasteiger partial charge in [0, 0.05) is 9.50 Å². The van der Waals surface area contributed by atoms with Crippen molar-refractivity contribution in [2.75, 3.05) is 6.61 Å². The van der Waals surface area contributed by atoms with Gasteiger partial charge in [0.1, 0.15) is 11.5 Å². The number of halogens is 3. The number of hydrogen-bond acceptors (Lipinski definition) is 3. The molecule has 21 heavy (non-hydrogen) atoms. The molecule has 2 aromatic carbocycles. The van der Waals surface area contributed by atoms with Crippen molar-refractivity contribution in [3.8, 4) is 11.5 Å². The summed E-state index contributed by atoms with van der Waals surface area (Å²) in [5.74, 6) is 0.334. The fourth-order valence-electron chi connectivity index (χ4n) is 1.62. The first-order valence-corrected chi connectivity index (χ1v) is 7.55. The molecule has 2 rings (SSSR count). The number of ether oxygens (including phenoxy) is 2. The lowest BCUT2D eigenvalue weighted by molar-refractivity contribution is -0.136. The Bertz CT molecular complexity index is 674. The van der Waals surface area contributed by atoms with Crippen LogP contribution in [0.25, 0.3) is 0 Å². The summed E-state index contributed by atoms with van der Waals surface area (Å²) >= 11 is 15.1. The first kappa shape index (κ1) is 16.1. The molecule has 0 spiro atoms. The topological polar surface area (TPSA) is 35.5 Å². The zero-order chi connectivity index (χ0) is 15.4. The molecule has 0 heterocycles. The minimum Gasteiger partial charge on any atom is -0.482 e. The van der Waals surface area contributed by atoms with E-state index >= 15 is 0 Å². The van der Waals surface area contributed by atoms with Crippen LogP contribution in [-0.2, 0) is 4.79 Å². The van der Waals surface area contributed by atoms with Crippen LogP contribution in [0.4, 0.5) is 0 Å². The standard InChI is InChI=1S/C15H11BrCl2O3/c1-9-6-10(16)2-4-13(9)20-8-15(19)21-14-5-3-11(17)7-12(14)18/h2-7H,8H2,1H3. The Balaban J connectivity index is 1.96. The molecule has 0 atom stereocenters. The zero-order valence-corrected chi connectivity index (χ0v) is 14.1. The van der Waals surface area contributed by atoms with Gasteiger partial charge in [0.05, 0.1) is 5.02 Å². The van der Waals surface area contributed by atoms with Crippen LogP contribution < -0.4 is 9.47 Å². The quantitative estimate of drug-likeness (QED) is 0.542. The molecule has 110 valence electrons. The maximum Gasteiger partial charge on any atom is 0.349 e. The Hall–Kier alpha value is -1.23. The molecule has 0 fully saturated rings. The van der Waals surface area contributed by atoms with Gasteiger partial charge >= 0.3 is 5.97 Å². The van der Waals surface area contributed by atoms with Gasteiger partial charge in [-0.3, -0.25) is 0 Å². The van der Waals surface area contributed by atoms with Gasteiger partial charge in [0.15, 0.2) is 6.61 Å². The van der Waals surface area contributed by atoms with Crippen molar-refractivity contribution in [2.24, 2.45) is 0 Å². The summed E-state index contributed by atoms with van der Waals surface area (Å²) in [7, 11) is 0. The molecular formula is C15H11BrCl2O3. The molecular weight excluding hydrogens is 379 g/mol. The fourth-order valence-corrected chi connectivity index (χ4v) is 2.54. The summed E-state index contributed by atoms with van der Waals surface area (Å²) in [4.78, 5) is 11.8. The Kier molecular flexibility index (Phi) is 5.51. The number of carbonyl (C=O) groups excluding carboxylic acids is 1. The third kappa shape index (κ3) is 4.63. The molecule has 0 amide bonds. The molecule has 0 aliphatic carbocycles. The van der Waals surface area contributed by atoms with E-state index in [0.29, 0.717) is 10.8 Å². The lowest BCUT2D eigenvalue weighted by atomic mass is 10.2. The Labute approximate surface area is 140 Å². The molecule has 0 aliphatic heterocycles. The van der Waals surface area contributed by atoms with Crippen molar-refractivity contribution >= 4 is 45.1 Å². The van der Waals surface area contributed by atoms with E-state index in [9.17, 15) is 4.79 Å². The van der Waals surface area contributed by atoms with Gasteiger partial charge < -0.3 is 9.47 Å². The minimum atomic E-state index is -0.540. The van der Waals surface area contributed by atoms with E-state index in [0.717, 1.165) is 10.0 Å². The summed E-state index contributed by atoms with van der Waals surface area (Å²) in [5.41, 5.74) is 0.918. The summed E-state index contributed by atoms with van der Waals surface area (Å²) in [6.07, 6.45) is 0. The van der Waals surface area contributed by atoms with Gasteiger partial charge in [-0.1, -0.05) is 39.1 Å². The van der Waals surface area contributed by atoms with Crippen LogP contribution in [0.2, 0.25) is 10.0 Å². The van der Waals surface area contributed by atoms with Gasteiger partial charge in [-0.05, 0) is 48.9 Å². The molecule has 3 nitrogen and oxygen atoms in total. The summed E-state index contributed by atoms with van der Waals surface area (Å²) in [5, 5.41) is 0.747. The second kappa shape index (κ2) is 7.16. The number of esters is 1. The number of hydrogen-bond donors (Lipinski definition) is 0. The highest BCUT2D eigenvalue weighted by Crippen LogP contribution is 2.27. The lowest BCUT2D eigenvalue weighted by Crippen LogP contribution is -2.18. The molecule has 0 aromatic heterocycles. The van der Waals surface area contributed by atoms with Crippen molar-refractivity contribution in [3.63, 3.8) is 0 Å². The molecule has 0 saturated carbocycles. The average molecular weight is 390 g/mol. The molecule has 0 bridgehead atoms. The first-order valence-electron chi connectivity index (χ1n) is 6.00. The molecule has 0 radical (unpaired) electrons. The second-order valence-corrected chi connectivity index (χ2v) is 6.01. The monoisotopic (exact) mass is 388 g/mol. The van der Waals surface area contributed by atoms with E-state index in [1.807, 2.05) is 19.1 Å². The predicted octanol–water partition coefficient (Wildman–Crippen LogP) is 5.05. The van der Waals surface area contributed by atoms with Crippen LogP contribution in [0.15, 0.2) is 40.9 Å². The van der Waals surface area contributed by atoms with Crippen LogP contribution in [0, 0.1) is 6.92 Å². The second-order valence-electron chi connectivity index (χ2n) is 4.25. The highest BCUT2D eigenvalue weighted by molar-refractivity contribution is 9.10. The van der Waals surface area contributed by atoms with Gasteiger partial charge in [-0.2, -0.15) is 0 Å². The van der Waals surface area contributed by atoms with Crippen molar-refractivity contribution in [3.05, 3.63) is 56.5 Å². The van der Waals surface area contributed by atoms with Crippen molar-refractivity contribution in [1.82, 2.24) is 0 Å². The summed E-state index contributed by atoms with van der Waals surface area (Å²) < 4.78 is 11.5. The largest absolute Gasteiger partial charge is 0.482 e. The van der Waals surface area contributed by atoms with E-state index in [-0.39, 0.29) is 17.4 Å². The Morgan fingerprint density at radius 1 is 1.14 bits per heavy atom. The molecule has 0 saturated heterocycles. The third-order valence-electron chi connectivity index (χ3n) is 2.60. The number of benzene rings is 2. The fraction of sp³-hybridized carbons (Fsp3) is 0.133. The normalized spacial score (nSPS) is 10.3. The van der Waals surface area contributed by atoms with E-state index in [1.54, 1.807) is 12.1 Å². The maximum absolute atomic E-state index is 11.8. The van der Waals surface area contributed by atoms with E-state index in [2.05, 4.69) is 15.9 Å². The van der Waals surface area contributed by atoms with E-state index in [1.165, 1.54) is 12.1 Å². The molecule has 2 aromatic rings. The van der Waals surface area contributed by atoms with Gasteiger partial charge in [-0.15, -0.1) is 0 Å². The minimum absolute atomic E-state index is 0.207. The van der Waals surface area contributed by atoms with Crippen LogP contribution in [0.5, 0.6) is 11.5 Å². The van der Waals surface area contributed by atoms with E-state index < -0.39 is 5.97 Å². The van der Waals surface area contributed by atoms with Gasteiger partial charge in [-0.25, -0.2) is 4.79 Å². The number of carbonyl (C=O) groups is 1. The van der Waals surface area contributed by atoms with Crippen molar-refractivity contribution in [1.29, 1.82) is 0 Å². The van der Waals surface area contributed by atoms with Crippen LogP contribution >= 0.6 is 39.1 Å². The maximum atomic E-state index is 11.8. The predicted molar refractivity (Wildman–Crippen MR) is 86.5 cm³/mol. The Morgan fingerprint density at radius 2 is 1.86 bits per heavy atom. The van der Waals surface area contributed by atoms with Crippen molar-refractivity contribution in [2.45, 2.75) is 6.92 Å². The van der Waals surface area contributed by atoms with Crippen LogP contribution in [-0.4, -0.2) is 12.6 Å². The smallest absolute Gasteiger partial charge is 0.349 e. The zero-order valence-electron chi connectivity index (χ0n) is 11.0. The van der Waals surface area contributed by atoms with Gasteiger partial charge in [0.25, 0.3) is 0 Å². The summed E-state index contributed by atoms with van der Waals surface area (Å²) in [6, 6.07) is 10.1. The lowest BCUT2D eigenvalue weighted by Gasteiger charge is -2.10.